The van der Waals surface area contributed by atoms with Gasteiger partial charge in [-0.05, 0) is 60.2 Å². The number of benzene rings is 2. The van der Waals surface area contributed by atoms with Gasteiger partial charge in [0.05, 0.1) is 29.9 Å². The smallest absolute Gasteiger partial charge is 0.263 e. The maximum Gasteiger partial charge on any atom is 0.263 e. The molecular formula is C27H37N3O7S2. The minimum atomic E-state index is -3.65. The van der Waals surface area contributed by atoms with Gasteiger partial charge in [-0.1, -0.05) is 33.3 Å². The molecule has 1 N–H and O–H groups in total. The molecule has 1 fully saturated rings. The van der Waals surface area contributed by atoms with Gasteiger partial charge in [0, 0.05) is 13.1 Å². The van der Waals surface area contributed by atoms with Crippen LogP contribution in [0.4, 0.5) is 5.69 Å². The van der Waals surface area contributed by atoms with Crippen LogP contribution >= 0.6 is 0 Å². The second-order valence-corrected chi connectivity index (χ2v) is 14.8. The summed E-state index contributed by atoms with van der Waals surface area (Å²) in [5.41, 5.74) is 1.19. The summed E-state index contributed by atoms with van der Waals surface area (Å²) in [6.45, 7) is 7.33. The summed E-state index contributed by atoms with van der Waals surface area (Å²) in [6, 6.07) is 11.6. The van der Waals surface area contributed by atoms with Crippen LogP contribution in [0.3, 0.4) is 0 Å². The van der Waals surface area contributed by atoms with Crippen LogP contribution in [0.2, 0.25) is 0 Å². The highest BCUT2D eigenvalue weighted by atomic mass is 32.2. The van der Waals surface area contributed by atoms with Gasteiger partial charge in [-0.3, -0.25) is 9.10 Å². The molecule has 2 aliphatic heterocycles. The number of piperidine rings is 1. The van der Waals surface area contributed by atoms with Crippen molar-refractivity contribution in [2.45, 2.75) is 56.4 Å². The van der Waals surface area contributed by atoms with E-state index in [0.717, 1.165) is 31.1 Å². The topological polar surface area (TPSA) is 122 Å². The van der Waals surface area contributed by atoms with E-state index >= 15 is 0 Å². The Balaban J connectivity index is 1.33. The molecule has 0 saturated carbocycles. The number of nitrogens with one attached hydrogen (secondary N) is 1. The van der Waals surface area contributed by atoms with Crippen molar-refractivity contribution in [1.29, 1.82) is 0 Å². The third-order valence-corrected chi connectivity index (χ3v) is 9.89. The molecule has 0 unspecified atom stereocenters. The van der Waals surface area contributed by atoms with Crippen LogP contribution in [0.5, 0.6) is 11.5 Å². The largest absolute Gasteiger partial charge is 0.492 e. The zero-order valence-electron chi connectivity index (χ0n) is 22.8. The van der Waals surface area contributed by atoms with E-state index < -0.39 is 32.1 Å². The first-order chi connectivity index (χ1) is 18.3. The molecule has 0 aromatic heterocycles. The number of fused-ring (bicyclic) bond motifs is 1. The average molecular weight is 580 g/mol. The number of rotatable bonds is 8. The van der Waals surface area contributed by atoms with Gasteiger partial charge in [-0.2, -0.15) is 4.31 Å². The lowest BCUT2D eigenvalue weighted by Crippen LogP contribution is -2.51. The van der Waals surface area contributed by atoms with Crippen LogP contribution in [0, 0.1) is 0 Å². The zero-order chi connectivity index (χ0) is 28.4. The van der Waals surface area contributed by atoms with Crippen molar-refractivity contribution >= 4 is 31.6 Å². The first-order valence-corrected chi connectivity index (χ1v) is 16.4. The monoisotopic (exact) mass is 579 g/mol. The molecule has 2 aliphatic rings. The summed E-state index contributed by atoms with van der Waals surface area (Å²) >= 11 is 0. The number of nitrogens with zero attached hydrogens (tertiary/aromatic N) is 2. The van der Waals surface area contributed by atoms with Gasteiger partial charge in [-0.25, -0.2) is 16.8 Å². The van der Waals surface area contributed by atoms with Crippen molar-refractivity contribution in [3.8, 4) is 11.5 Å². The Morgan fingerprint density at radius 2 is 1.69 bits per heavy atom. The number of anilines is 1. The molecule has 214 valence electrons. The standard InChI is InChI=1S/C27H37N3O7S2/c1-27(2,3)20-8-13-24-23(18-20)30(38(4,32)33)19-25(37-24)26(31)28-14-17-36-21-9-11-22(12-10-21)39(34,35)29-15-6-5-7-16-29/h8-13,18,25H,5-7,14-17,19H2,1-4H3,(H,28,31)/t25-/m0/s1. The second-order valence-electron chi connectivity index (χ2n) is 10.9. The second kappa shape index (κ2) is 11.3. The Morgan fingerprint density at radius 1 is 1.03 bits per heavy atom. The van der Waals surface area contributed by atoms with Gasteiger partial charge in [0.15, 0.2) is 6.10 Å². The summed E-state index contributed by atoms with van der Waals surface area (Å²) < 4.78 is 64.9. The Kier molecular flexibility index (Phi) is 8.48. The van der Waals surface area contributed by atoms with Gasteiger partial charge in [-0.15, -0.1) is 0 Å². The number of sulfonamides is 2. The van der Waals surface area contributed by atoms with Gasteiger partial charge >= 0.3 is 0 Å². The summed E-state index contributed by atoms with van der Waals surface area (Å²) in [6.07, 6.45) is 2.87. The van der Waals surface area contributed by atoms with Crippen molar-refractivity contribution in [3.63, 3.8) is 0 Å². The summed E-state index contributed by atoms with van der Waals surface area (Å²) in [4.78, 5) is 13.1. The molecule has 10 nitrogen and oxygen atoms in total. The fourth-order valence-electron chi connectivity index (χ4n) is 4.59. The van der Waals surface area contributed by atoms with Crippen molar-refractivity contribution in [2.24, 2.45) is 0 Å². The first-order valence-electron chi connectivity index (χ1n) is 13.1. The maximum absolute atomic E-state index is 12.8. The van der Waals surface area contributed by atoms with Gasteiger partial charge < -0.3 is 14.8 Å². The van der Waals surface area contributed by atoms with Crippen LogP contribution < -0.4 is 19.1 Å². The van der Waals surface area contributed by atoms with E-state index in [0.29, 0.717) is 30.3 Å². The molecule has 4 rings (SSSR count). The fraction of sp³-hybridized carbons (Fsp3) is 0.519. The van der Waals surface area contributed by atoms with E-state index in [4.69, 9.17) is 9.47 Å². The Hall–Kier alpha value is -2.83. The maximum atomic E-state index is 12.8. The number of hydrogen-bond donors (Lipinski definition) is 1. The van der Waals surface area contributed by atoms with Crippen LogP contribution in [0.15, 0.2) is 47.4 Å². The Morgan fingerprint density at radius 3 is 2.31 bits per heavy atom. The van der Waals surface area contributed by atoms with Crippen LogP contribution in [-0.2, 0) is 30.3 Å². The molecule has 12 heteroatoms. The minimum absolute atomic E-state index is 0.137. The van der Waals surface area contributed by atoms with Gasteiger partial charge in [0.1, 0.15) is 18.1 Å². The van der Waals surface area contributed by atoms with Crippen LogP contribution in [0.1, 0.15) is 45.6 Å². The van der Waals surface area contributed by atoms with E-state index in [-0.39, 0.29) is 30.0 Å². The van der Waals surface area contributed by atoms with Crippen LogP contribution in [0.25, 0.3) is 0 Å². The molecule has 1 saturated heterocycles. The zero-order valence-corrected chi connectivity index (χ0v) is 24.5. The summed E-state index contributed by atoms with van der Waals surface area (Å²) in [7, 11) is -7.16. The summed E-state index contributed by atoms with van der Waals surface area (Å²) in [5.74, 6) is 0.346. The highest BCUT2D eigenvalue weighted by molar-refractivity contribution is 7.92. The number of amides is 1. The van der Waals surface area contributed by atoms with Crippen molar-refractivity contribution in [2.75, 3.05) is 43.3 Å². The van der Waals surface area contributed by atoms with Crippen molar-refractivity contribution in [1.82, 2.24) is 9.62 Å². The molecule has 0 radical (unpaired) electrons. The highest BCUT2D eigenvalue weighted by Crippen LogP contribution is 2.38. The SMILES string of the molecule is CC(C)(C)c1ccc2c(c1)N(S(C)(=O)=O)C[C@@H](C(=O)NCCOc1ccc(S(=O)(=O)N3CCCCC3)cc1)O2. The molecule has 39 heavy (non-hydrogen) atoms. The molecule has 0 aliphatic carbocycles. The van der Waals surface area contributed by atoms with Crippen molar-refractivity contribution < 1.29 is 31.1 Å². The highest BCUT2D eigenvalue weighted by Gasteiger charge is 2.35. The minimum Gasteiger partial charge on any atom is -0.492 e. The molecule has 1 amide bonds. The van der Waals surface area contributed by atoms with E-state index in [1.807, 2.05) is 26.8 Å². The lowest BCUT2D eigenvalue weighted by Gasteiger charge is -2.35. The molecule has 2 heterocycles. The third kappa shape index (κ3) is 6.85. The lowest BCUT2D eigenvalue weighted by molar-refractivity contribution is -0.127. The van der Waals surface area contributed by atoms with Crippen molar-refractivity contribution in [3.05, 3.63) is 48.0 Å². The number of carbonyl (C=O) groups is 1. The predicted octanol–water partition coefficient (Wildman–Crippen LogP) is 2.88. The average Bonchev–Trinajstić information content (AvgIpc) is 2.89. The fourth-order valence-corrected chi connectivity index (χ4v) is 7.01. The van der Waals surface area contributed by atoms with Gasteiger partial charge in [0.25, 0.3) is 5.91 Å². The number of hydrogen-bond acceptors (Lipinski definition) is 7. The van der Waals surface area contributed by atoms with Crippen LogP contribution in [-0.4, -0.2) is 72.2 Å². The third-order valence-electron chi connectivity index (χ3n) is 6.83. The Bertz CT molecular complexity index is 1400. The molecule has 2 aromatic carbocycles. The lowest BCUT2D eigenvalue weighted by atomic mass is 9.86. The molecule has 0 spiro atoms. The molecule has 0 bridgehead atoms. The quantitative estimate of drug-likeness (QED) is 0.477. The molecule has 2 aromatic rings. The number of carbonyl (C=O) groups excluding carboxylic acids is 1. The predicted molar refractivity (Wildman–Crippen MR) is 149 cm³/mol. The molecular weight excluding hydrogens is 542 g/mol. The van der Waals surface area contributed by atoms with E-state index in [1.54, 1.807) is 24.3 Å². The normalized spacial score (nSPS) is 18.7. The number of ether oxygens (including phenoxy) is 2. The Labute approximate surface area is 231 Å². The molecule has 1 atom stereocenters. The first kappa shape index (κ1) is 29.2. The van der Waals surface area contributed by atoms with E-state index in [2.05, 4.69) is 5.32 Å². The van der Waals surface area contributed by atoms with Gasteiger partial charge in [0.2, 0.25) is 20.0 Å². The van der Waals surface area contributed by atoms with E-state index in [1.165, 1.54) is 20.7 Å². The summed E-state index contributed by atoms with van der Waals surface area (Å²) in [5, 5.41) is 2.73. The van der Waals surface area contributed by atoms with E-state index in [9.17, 15) is 21.6 Å².